The van der Waals surface area contributed by atoms with Gasteiger partial charge in [-0.2, -0.15) is 0 Å². The van der Waals surface area contributed by atoms with Gasteiger partial charge in [-0.1, -0.05) is 0 Å². The van der Waals surface area contributed by atoms with Crippen LogP contribution in [0.5, 0.6) is 0 Å². The second-order valence-electron chi connectivity index (χ2n) is 1.69. The van der Waals surface area contributed by atoms with E-state index in [1.54, 1.807) is 0 Å². The average Bonchev–Trinajstić information content (AvgIpc) is 2.12. The van der Waals surface area contributed by atoms with Crippen LogP contribution in [-0.2, 0) is 19.1 Å². The van der Waals surface area contributed by atoms with Crippen LogP contribution < -0.4 is 0 Å². The Kier molecular flexibility index (Phi) is 1.30. The number of carbonyl (C=O) groups is 3. The summed E-state index contributed by atoms with van der Waals surface area (Å²) in [5, 5.41) is 0. The lowest BCUT2D eigenvalue weighted by atomic mass is 10.1. The smallest absolute Gasteiger partial charge is 0.324 e. The van der Waals surface area contributed by atoms with Crippen LogP contribution in [0, 0.1) is 5.92 Å². The van der Waals surface area contributed by atoms with Crippen LogP contribution in [0.4, 0.5) is 0 Å². The van der Waals surface area contributed by atoms with Crippen LogP contribution in [0.15, 0.2) is 0 Å². The number of hydrogen-bond donors (Lipinski definition) is 0. The Morgan fingerprint density at radius 2 is 2.22 bits per heavy atom. The van der Waals surface area contributed by atoms with Gasteiger partial charge in [-0.3, -0.25) is 9.59 Å². The predicted molar refractivity (Wildman–Crippen MR) is 25.5 cm³/mol. The van der Waals surface area contributed by atoms with Crippen LogP contribution in [0.3, 0.4) is 0 Å². The third-order valence-corrected chi connectivity index (χ3v) is 1.09. The second kappa shape index (κ2) is 1.97. The van der Waals surface area contributed by atoms with Crippen molar-refractivity contribution in [2.24, 2.45) is 5.92 Å². The summed E-state index contributed by atoms with van der Waals surface area (Å²) in [4.78, 5) is 30.7. The van der Waals surface area contributed by atoms with Crippen LogP contribution in [0.25, 0.3) is 0 Å². The quantitative estimate of drug-likeness (QED) is 0.256. The summed E-state index contributed by atoms with van der Waals surface area (Å²) in [7, 11) is 0. The van der Waals surface area contributed by atoms with Gasteiger partial charge in [0.1, 0.15) is 6.29 Å². The van der Waals surface area contributed by atoms with Crippen LogP contribution >= 0.6 is 0 Å². The van der Waals surface area contributed by atoms with E-state index in [-0.39, 0.29) is 6.61 Å². The number of hydrogen-bond acceptors (Lipinski definition) is 4. The molecule has 0 aliphatic carbocycles. The Bertz CT molecular complexity index is 156. The normalized spacial score (nSPS) is 26.0. The molecule has 0 N–H and O–H groups in total. The van der Waals surface area contributed by atoms with Gasteiger partial charge in [0.15, 0.2) is 18.3 Å². The molecule has 48 valence electrons. The zero-order valence-electron chi connectivity index (χ0n) is 4.49. The van der Waals surface area contributed by atoms with Crippen molar-refractivity contribution in [3.8, 4) is 0 Å². The number of carbonyl (C=O) groups excluding carboxylic acids is 3. The van der Waals surface area contributed by atoms with Crippen molar-refractivity contribution in [3.63, 3.8) is 0 Å². The highest BCUT2D eigenvalue weighted by molar-refractivity contribution is 6.14. The molecule has 1 rings (SSSR count). The maximum Gasteiger partial charge on any atom is 0.324 e. The van der Waals surface area contributed by atoms with E-state index >= 15 is 0 Å². The molecule has 4 heteroatoms. The van der Waals surface area contributed by atoms with Crippen LogP contribution in [-0.4, -0.2) is 24.6 Å². The SMILES string of the molecule is O=CC1C(=O)COC1=O. The molecule has 0 aromatic heterocycles. The highest BCUT2D eigenvalue weighted by Gasteiger charge is 2.34. The fourth-order valence-electron chi connectivity index (χ4n) is 0.585. The third-order valence-electron chi connectivity index (χ3n) is 1.09. The summed E-state index contributed by atoms with van der Waals surface area (Å²) in [5.74, 6) is -2.32. The van der Waals surface area contributed by atoms with E-state index < -0.39 is 17.7 Å². The summed E-state index contributed by atoms with van der Waals surface area (Å²) in [6.45, 7) is -0.248. The lowest BCUT2D eigenvalue weighted by molar-refractivity contribution is -0.142. The van der Waals surface area contributed by atoms with Crippen molar-refractivity contribution >= 4 is 18.0 Å². The van der Waals surface area contributed by atoms with Gasteiger partial charge in [0.25, 0.3) is 0 Å². The topological polar surface area (TPSA) is 60.4 Å². The molecule has 1 unspecified atom stereocenters. The van der Waals surface area contributed by atoms with Crippen molar-refractivity contribution < 1.29 is 19.1 Å². The lowest BCUT2D eigenvalue weighted by Gasteiger charge is -1.86. The number of ether oxygens (including phenoxy) is 1. The first kappa shape index (κ1) is 5.94. The van der Waals surface area contributed by atoms with Crippen molar-refractivity contribution in [2.45, 2.75) is 0 Å². The summed E-state index contributed by atoms with van der Waals surface area (Å²) in [6.07, 6.45) is 0.303. The number of cyclic esters (lactones) is 1. The molecule has 0 spiro atoms. The predicted octanol–water partition coefficient (Wildman–Crippen LogP) is -1.07. The highest BCUT2D eigenvalue weighted by atomic mass is 16.5. The first-order valence-corrected chi connectivity index (χ1v) is 2.40. The van der Waals surface area contributed by atoms with E-state index in [9.17, 15) is 14.4 Å². The molecular weight excluding hydrogens is 124 g/mol. The third kappa shape index (κ3) is 0.826. The van der Waals surface area contributed by atoms with Gasteiger partial charge in [-0.05, 0) is 0 Å². The largest absolute Gasteiger partial charge is 0.457 e. The number of rotatable bonds is 1. The molecule has 1 atom stereocenters. The zero-order valence-corrected chi connectivity index (χ0v) is 4.49. The first-order valence-electron chi connectivity index (χ1n) is 2.40. The molecule has 4 nitrogen and oxygen atoms in total. The Hall–Kier alpha value is -1.19. The van der Waals surface area contributed by atoms with Gasteiger partial charge in [-0.15, -0.1) is 0 Å². The number of ketones is 1. The molecule has 0 aromatic carbocycles. The van der Waals surface area contributed by atoms with E-state index in [1.807, 2.05) is 0 Å². The maximum absolute atomic E-state index is 10.4. The number of esters is 1. The fraction of sp³-hybridized carbons (Fsp3) is 0.400. The minimum Gasteiger partial charge on any atom is -0.457 e. The van der Waals surface area contributed by atoms with E-state index in [0.717, 1.165) is 0 Å². The Morgan fingerprint density at radius 1 is 1.56 bits per heavy atom. The minimum atomic E-state index is -1.15. The van der Waals surface area contributed by atoms with Gasteiger partial charge in [0.2, 0.25) is 0 Å². The summed E-state index contributed by atoms with van der Waals surface area (Å²) < 4.78 is 4.25. The van der Waals surface area contributed by atoms with Gasteiger partial charge < -0.3 is 9.53 Å². The molecule has 0 radical (unpaired) electrons. The lowest BCUT2D eigenvalue weighted by Crippen LogP contribution is -2.16. The molecule has 0 saturated carbocycles. The molecule has 1 heterocycles. The molecule has 0 aromatic rings. The molecule has 1 fully saturated rings. The van der Waals surface area contributed by atoms with Crippen LogP contribution in [0.2, 0.25) is 0 Å². The Balaban J connectivity index is 2.77. The van der Waals surface area contributed by atoms with E-state index in [2.05, 4.69) is 4.74 Å². The van der Waals surface area contributed by atoms with Crippen molar-refractivity contribution in [3.05, 3.63) is 0 Å². The Labute approximate surface area is 50.8 Å². The standard InChI is InChI=1S/C5H4O4/c6-1-3-4(7)2-9-5(3)8/h1,3H,2H2. The second-order valence-corrected chi connectivity index (χ2v) is 1.69. The van der Waals surface area contributed by atoms with Gasteiger partial charge in [-0.25, -0.2) is 0 Å². The maximum atomic E-state index is 10.4. The van der Waals surface area contributed by atoms with E-state index in [4.69, 9.17) is 0 Å². The molecule has 1 saturated heterocycles. The summed E-state index contributed by atoms with van der Waals surface area (Å²) >= 11 is 0. The van der Waals surface area contributed by atoms with Crippen molar-refractivity contribution in [1.29, 1.82) is 0 Å². The van der Waals surface area contributed by atoms with Gasteiger partial charge in [0.05, 0.1) is 0 Å². The van der Waals surface area contributed by atoms with Gasteiger partial charge >= 0.3 is 5.97 Å². The molecule has 0 amide bonds. The monoisotopic (exact) mass is 128 g/mol. The highest BCUT2D eigenvalue weighted by Crippen LogP contribution is 2.06. The minimum absolute atomic E-state index is 0.248. The van der Waals surface area contributed by atoms with E-state index in [0.29, 0.717) is 6.29 Å². The van der Waals surface area contributed by atoms with Crippen molar-refractivity contribution in [2.75, 3.05) is 6.61 Å². The summed E-state index contributed by atoms with van der Waals surface area (Å²) in [6, 6.07) is 0. The molecule has 1 aliphatic rings. The van der Waals surface area contributed by atoms with Crippen molar-refractivity contribution in [1.82, 2.24) is 0 Å². The first-order chi connectivity index (χ1) is 4.25. The average molecular weight is 128 g/mol. The summed E-state index contributed by atoms with van der Waals surface area (Å²) in [5.41, 5.74) is 0. The molecular formula is C5H4O4. The number of Topliss-reactive ketones (excluding diaryl/α,β-unsaturated/α-hetero) is 1. The Morgan fingerprint density at radius 3 is 2.44 bits per heavy atom. The van der Waals surface area contributed by atoms with E-state index in [1.165, 1.54) is 0 Å². The van der Waals surface area contributed by atoms with Crippen LogP contribution in [0.1, 0.15) is 0 Å². The molecule has 0 bridgehead atoms. The number of aldehydes is 1. The van der Waals surface area contributed by atoms with Gasteiger partial charge in [0, 0.05) is 0 Å². The molecule has 1 aliphatic heterocycles. The fourth-order valence-corrected chi connectivity index (χ4v) is 0.585. The zero-order chi connectivity index (χ0) is 6.85. The molecule has 9 heavy (non-hydrogen) atoms.